The molecule has 1 aliphatic rings. The Balaban J connectivity index is 1.39. The number of rotatable bonds is 5. The summed E-state index contributed by atoms with van der Waals surface area (Å²) in [5.74, 6) is 1.55. The Hall–Kier alpha value is -2.70. The Morgan fingerprint density at radius 2 is 1.97 bits per heavy atom. The lowest BCUT2D eigenvalue weighted by Crippen LogP contribution is -2.32. The van der Waals surface area contributed by atoms with Crippen LogP contribution in [0, 0.1) is 0 Å². The van der Waals surface area contributed by atoms with Crippen molar-refractivity contribution in [3.8, 4) is 21.9 Å². The van der Waals surface area contributed by atoms with Gasteiger partial charge in [0, 0.05) is 29.0 Å². The van der Waals surface area contributed by atoms with E-state index in [2.05, 4.69) is 22.8 Å². The number of carbonyl (C=O) groups excluding carboxylic acids is 1. The fraction of sp³-hybridized carbons (Fsp3) is 0.320. The smallest absolute Gasteiger partial charge is 0.407 e. The van der Waals surface area contributed by atoms with Crippen LogP contribution in [0.15, 0.2) is 47.8 Å². The van der Waals surface area contributed by atoms with E-state index in [4.69, 9.17) is 25.8 Å². The molecule has 3 aromatic rings. The average Bonchev–Trinajstić information content (AvgIpc) is 3.13. The van der Waals surface area contributed by atoms with Crippen molar-refractivity contribution in [2.45, 2.75) is 45.9 Å². The maximum absolute atomic E-state index is 11.8. The molecule has 0 saturated heterocycles. The van der Waals surface area contributed by atoms with E-state index >= 15 is 0 Å². The topological polar surface area (TPSA) is 56.8 Å². The minimum atomic E-state index is -0.518. The minimum absolute atomic E-state index is 0.350. The van der Waals surface area contributed by atoms with Crippen molar-refractivity contribution >= 4 is 29.0 Å². The van der Waals surface area contributed by atoms with Gasteiger partial charge in [-0.2, -0.15) is 0 Å². The highest BCUT2D eigenvalue weighted by Crippen LogP contribution is 2.41. The zero-order valence-corrected chi connectivity index (χ0v) is 19.9. The molecule has 0 spiro atoms. The third-order valence-corrected chi connectivity index (χ3v) is 6.26. The molecule has 0 radical (unpaired) electrons. The molecule has 168 valence electrons. The van der Waals surface area contributed by atoms with E-state index in [9.17, 15) is 4.79 Å². The van der Waals surface area contributed by atoms with Crippen molar-refractivity contribution < 1.29 is 19.0 Å². The molecule has 0 unspecified atom stereocenters. The molecule has 0 bridgehead atoms. The van der Waals surface area contributed by atoms with Crippen LogP contribution in [0.25, 0.3) is 10.4 Å². The molecule has 1 aliphatic heterocycles. The van der Waals surface area contributed by atoms with Crippen molar-refractivity contribution in [1.82, 2.24) is 5.32 Å². The standard InChI is InChI=1S/C25H26ClNO4S/c1-25(2,3)31-24(28)27-14-16-4-6-19(7-5-16)30-15-18-12-20-22(13-21(18)26)29-10-8-17-9-11-32-23(17)20/h4-7,9,11-13H,8,10,14-15H2,1-3H3,(H,27,28). The second-order valence-corrected chi connectivity index (χ2v) is 9.92. The van der Waals surface area contributed by atoms with Crippen molar-refractivity contribution in [1.29, 1.82) is 0 Å². The van der Waals surface area contributed by atoms with Crippen molar-refractivity contribution in [3.05, 3.63) is 69.6 Å². The summed E-state index contributed by atoms with van der Waals surface area (Å²) in [4.78, 5) is 13.0. The molecule has 0 saturated carbocycles. The SMILES string of the molecule is CC(C)(C)OC(=O)NCc1ccc(OCc2cc3c(cc2Cl)OCCc2ccsc2-3)cc1. The molecule has 5 nitrogen and oxygen atoms in total. The van der Waals surface area contributed by atoms with Gasteiger partial charge >= 0.3 is 6.09 Å². The highest BCUT2D eigenvalue weighted by Gasteiger charge is 2.19. The van der Waals surface area contributed by atoms with Gasteiger partial charge < -0.3 is 19.5 Å². The highest BCUT2D eigenvalue weighted by atomic mass is 35.5. The van der Waals surface area contributed by atoms with E-state index in [-0.39, 0.29) is 0 Å². The van der Waals surface area contributed by atoms with E-state index in [1.54, 1.807) is 11.3 Å². The van der Waals surface area contributed by atoms with Gasteiger partial charge in [-0.1, -0.05) is 23.7 Å². The molecule has 0 aliphatic carbocycles. The Labute approximate surface area is 197 Å². The van der Waals surface area contributed by atoms with E-state index in [0.29, 0.717) is 24.8 Å². The van der Waals surface area contributed by atoms with Crippen LogP contribution < -0.4 is 14.8 Å². The number of hydrogen-bond donors (Lipinski definition) is 1. The Kier molecular flexibility index (Phi) is 6.63. The Bertz CT molecular complexity index is 1100. The molecule has 1 aromatic heterocycles. The molecule has 2 heterocycles. The van der Waals surface area contributed by atoms with Crippen LogP contribution in [-0.2, 0) is 24.3 Å². The lowest BCUT2D eigenvalue weighted by Gasteiger charge is -2.19. The number of benzene rings is 2. The predicted molar refractivity (Wildman–Crippen MR) is 128 cm³/mol. The zero-order chi connectivity index (χ0) is 22.7. The second-order valence-electron chi connectivity index (χ2n) is 8.60. The maximum Gasteiger partial charge on any atom is 0.407 e. The van der Waals surface area contributed by atoms with Crippen LogP contribution in [0.2, 0.25) is 5.02 Å². The van der Waals surface area contributed by atoms with Crippen LogP contribution in [0.3, 0.4) is 0 Å². The molecule has 1 N–H and O–H groups in total. The van der Waals surface area contributed by atoms with Gasteiger partial charge in [-0.3, -0.25) is 0 Å². The average molecular weight is 472 g/mol. The lowest BCUT2D eigenvalue weighted by atomic mass is 10.1. The van der Waals surface area contributed by atoms with Gasteiger partial charge in [0.1, 0.15) is 23.7 Å². The number of alkyl carbamates (subject to hydrolysis) is 1. The van der Waals surface area contributed by atoms with Gasteiger partial charge in [-0.15, -0.1) is 11.3 Å². The van der Waals surface area contributed by atoms with Crippen LogP contribution in [0.1, 0.15) is 37.5 Å². The summed E-state index contributed by atoms with van der Waals surface area (Å²) in [6.07, 6.45) is 0.458. The normalized spacial score (nSPS) is 12.8. The van der Waals surface area contributed by atoms with Crippen LogP contribution >= 0.6 is 22.9 Å². The summed E-state index contributed by atoms with van der Waals surface area (Å²) >= 11 is 8.23. The first-order valence-corrected chi connectivity index (χ1v) is 11.7. The molecule has 32 heavy (non-hydrogen) atoms. The summed E-state index contributed by atoms with van der Waals surface area (Å²) in [6, 6.07) is 13.7. The van der Waals surface area contributed by atoms with E-state index in [0.717, 1.165) is 34.6 Å². The molecule has 4 rings (SSSR count). The van der Waals surface area contributed by atoms with Gasteiger partial charge in [0.05, 0.1) is 11.6 Å². The molecule has 1 amide bonds. The molecule has 7 heteroatoms. The molecular weight excluding hydrogens is 446 g/mol. The quantitative estimate of drug-likeness (QED) is 0.455. The van der Waals surface area contributed by atoms with Gasteiger partial charge in [0.25, 0.3) is 0 Å². The summed E-state index contributed by atoms with van der Waals surface area (Å²) < 4.78 is 17.1. The monoisotopic (exact) mass is 471 g/mol. The molecule has 0 fully saturated rings. The van der Waals surface area contributed by atoms with Crippen LogP contribution in [-0.4, -0.2) is 18.3 Å². The second kappa shape index (κ2) is 9.43. The number of hydrogen-bond acceptors (Lipinski definition) is 5. The van der Waals surface area contributed by atoms with E-state index in [1.165, 1.54) is 10.4 Å². The number of ether oxygens (including phenoxy) is 3. The number of nitrogens with one attached hydrogen (secondary N) is 1. The number of carbonyl (C=O) groups is 1. The summed E-state index contributed by atoms with van der Waals surface area (Å²) in [7, 11) is 0. The third-order valence-electron chi connectivity index (χ3n) is 4.92. The summed E-state index contributed by atoms with van der Waals surface area (Å²) in [5, 5.41) is 5.49. The third kappa shape index (κ3) is 5.56. The largest absolute Gasteiger partial charge is 0.493 e. The van der Waals surface area contributed by atoms with Crippen LogP contribution in [0.5, 0.6) is 11.5 Å². The first-order valence-electron chi connectivity index (χ1n) is 10.5. The van der Waals surface area contributed by atoms with Gasteiger partial charge in [0.2, 0.25) is 0 Å². The van der Waals surface area contributed by atoms with Gasteiger partial charge in [-0.25, -0.2) is 4.79 Å². The summed E-state index contributed by atoms with van der Waals surface area (Å²) in [5.41, 5.74) is 3.72. The van der Waals surface area contributed by atoms with Gasteiger partial charge in [0.15, 0.2) is 0 Å². The fourth-order valence-corrected chi connectivity index (χ4v) is 4.58. The van der Waals surface area contributed by atoms with Crippen molar-refractivity contribution in [2.24, 2.45) is 0 Å². The predicted octanol–water partition coefficient (Wildman–Crippen LogP) is 6.61. The fourth-order valence-electron chi connectivity index (χ4n) is 3.40. The van der Waals surface area contributed by atoms with Crippen molar-refractivity contribution in [3.63, 3.8) is 0 Å². The van der Waals surface area contributed by atoms with Crippen LogP contribution in [0.4, 0.5) is 4.79 Å². The maximum atomic E-state index is 11.8. The molecule has 0 atom stereocenters. The van der Waals surface area contributed by atoms with E-state index in [1.807, 2.05) is 51.1 Å². The summed E-state index contributed by atoms with van der Waals surface area (Å²) in [6.45, 7) is 6.89. The first kappa shape index (κ1) is 22.5. The highest BCUT2D eigenvalue weighted by molar-refractivity contribution is 7.13. The minimum Gasteiger partial charge on any atom is -0.493 e. The number of thiophene rings is 1. The number of fused-ring (bicyclic) bond motifs is 3. The molecular formula is C25H26ClNO4S. The Morgan fingerprint density at radius 3 is 2.72 bits per heavy atom. The van der Waals surface area contributed by atoms with E-state index < -0.39 is 11.7 Å². The van der Waals surface area contributed by atoms with Crippen molar-refractivity contribution in [2.75, 3.05) is 6.61 Å². The lowest BCUT2D eigenvalue weighted by molar-refractivity contribution is 0.0523. The zero-order valence-electron chi connectivity index (χ0n) is 18.4. The number of halogens is 1. The Morgan fingerprint density at radius 1 is 1.19 bits per heavy atom. The van der Waals surface area contributed by atoms with Gasteiger partial charge in [-0.05, 0) is 67.6 Å². The number of amides is 1. The molecule has 2 aromatic carbocycles. The first-order chi connectivity index (χ1) is 15.3.